The van der Waals surface area contributed by atoms with Crippen LogP contribution in [0.4, 0.5) is 0 Å². The molecule has 0 aromatic heterocycles. The molecule has 0 spiro atoms. The van der Waals surface area contributed by atoms with Gasteiger partial charge in [0.2, 0.25) is 0 Å². The van der Waals surface area contributed by atoms with E-state index >= 15 is 0 Å². The van der Waals surface area contributed by atoms with Crippen LogP contribution in [0, 0.1) is 0 Å². The van der Waals surface area contributed by atoms with E-state index < -0.39 is 5.97 Å². The van der Waals surface area contributed by atoms with Gasteiger partial charge in [0, 0.05) is 7.11 Å². The van der Waals surface area contributed by atoms with Crippen LogP contribution in [0.1, 0.15) is 29.8 Å². The number of carbonyl (C=O) groups excluding carboxylic acids is 1. The summed E-state index contributed by atoms with van der Waals surface area (Å²) in [6, 6.07) is 7.25. The highest BCUT2D eigenvalue weighted by Crippen LogP contribution is 2.07. The maximum absolute atomic E-state index is 11.6. The monoisotopic (exact) mass is 238 g/mol. The van der Waals surface area contributed by atoms with Crippen LogP contribution in [0.25, 0.3) is 0 Å². The van der Waals surface area contributed by atoms with Crippen molar-refractivity contribution in [3.05, 3.63) is 35.4 Å². The molecule has 17 heavy (non-hydrogen) atoms. The minimum atomic E-state index is -0.490. The third-order valence-electron chi connectivity index (χ3n) is 2.29. The van der Waals surface area contributed by atoms with Gasteiger partial charge in [-0.25, -0.2) is 4.79 Å². The molecule has 0 aliphatic rings. The molecule has 0 heterocycles. The largest absolute Gasteiger partial charge is 0.382 e. The van der Waals surface area contributed by atoms with E-state index in [4.69, 9.17) is 14.5 Å². The molecule has 0 saturated carbocycles. The van der Waals surface area contributed by atoms with Gasteiger partial charge in [-0.1, -0.05) is 19.1 Å². The van der Waals surface area contributed by atoms with Crippen LogP contribution in [-0.4, -0.2) is 25.8 Å². The van der Waals surface area contributed by atoms with Crippen LogP contribution < -0.4 is 0 Å². The SMILES string of the molecule is CCc1ccc(C(=O)OOC(C)COC)cc1. The molecule has 0 aliphatic heterocycles. The lowest BCUT2D eigenvalue weighted by Crippen LogP contribution is -2.18. The Balaban J connectivity index is 2.46. The Morgan fingerprint density at radius 1 is 1.29 bits per heavy atom. The number of rotatable bonds is 6. The highest BCUT2D eigenvalue weighted by atomic mass is 17.2. The van der Waals surface area contributed by atoms with Gasteiger partial charge in [-0.2, -0.15) is 4.89 Å². The fraction of sp³-hybridized carbons (Fsp3) is 0.462. The molecule has 0 aliphatic carbocycles. The molecule has 0 saturated heterocycles. The lowest BCUT2D eigenvalue weighted by molar-refractivity contribution is -0.276. The predicted octanol–water partition coefficient (Wildman–Crippen LogP) is 2.37. The first-order valence-corrected chi connectivity index (χ1v) is 5.63. The molecule has 1 rings (SSSR count). The second kappa shape index (κ2) is 7.04. The molecule has 0 radical (unpaired) electrons. The van der Waals surface area contributed by atoms with E-state index in [9.17, 15) is 4.79 Å². The number of hydrogen-bond donors (Lipinski definition) is 0. The molecule has 1 unspecified atom stereocenters. The van der Waals surface area contributed by atoms with Crippen molar-refractivity contribution in [3.63, 3.8) is 0 Å². The first-order valence-electron chi connectivity index (χ1n) is 5.63. The van der Waals surface area contributed by atoms with Gasteiger partial charge in [0.1, 0.15) is 6.10 Å². The number of aryl methyl sites for hydroxylation is 1. The second-order valence-corrected chi connectivity index (χ2v) is 3.78. The molecule has 0 bridgehead atoms. The zero-order chi connectivity index (χ0) is 12.7. The number of hydrogen-bond acceptors (Lipinski definition) is 4. The van der Waals surface area contributed by atoms with E-state index in [0.717, 1.165) is 6.42 Å². The Morgan fingerprint density at radius 2 is 1.94 bits per heavy atom. The van der Waals surface area contributed by atoms with E-state index in [0.29, 0.717) is 12.2 Å². The normalized spacial score (nSPS) is 12.2. The summed E-state index contributed by atoms with van der Waals surface area (Å²) in [5.74, 6) is -0.490. The molecule has 0 fully saturated rings. The van der Waals surface area contributed by atoms with Crippen LogP contribution in [-0.2, 0) is 20.9 Å². The van der Waals surface area contributed by atoms with Crippen molar-refractivity contribution < 1.29 is 19.3 Å². The Kier molecular flexibility index (Phi) is 5.66. The van der Waals surface area contributed by atoms with Crippen LogP contribution in [0.15, 0.2) is 24.3 Å². The van der Waals surface area contributed by atoms with Gasteiger partial charge in [0.05, 0.1) is 12.2 Å². The smallest absolute Gasteiger partial charge is 0.373 e. The van der Waals surface area contributed by atoms with Gasteiger partial charge < -0.3 is 4.74 Å². The Bertz CT molecular complexity index is 345. The lowest BCUT2D eigenvalue weighted by atomic mass is 10.1. The van der Waals surface area contributed by atoms with Crippen molar-refractivity contribution in [2.75, 3.05) is 13.7 Å². The van der Waals surface area contributed by atoms with Gasteiger partial charge >= 0.3 is 5.97 Å². The van der Waals surface area contributed by atoms with Gasteiger partial charge in [-0.3, -0.25) is 4.89 Å². The molecule has 4 nitrogen and oxygen atoms in total. The van der Waals surface area contributed by atoms with Crippen molar-refractivity contribution in [1.82, 2.24) is 0 Å². The van der Waals surface area contributed by atoms with Crippen molar-refractivity contribution in [1.29, 1.82) is 0 Å². The third-order valence-corrected chi connectivity index (χ3v) is 2.29. The minimum absolute atomic E-state index is 0.279. The molecule has 0 N–H and O–H groups in total. The number of methoxy groups -OCH3 is 1. The summed E-state index contributed by atoms with van der Waals surface area (Å²) in [6.45, 7) is 4.20. The third kappa shape index (κ3) is 4.54. The first-order chi connectivity index (χ1) is 8.17. The maximum Gasteiger partial charge on any atom is 0.373 e. The number of carbonyl (C=O) groups is 1. The summed E-state index contributed by atoms with van der Waals surface area (Å²) in [5, 5.41) is 0. The summed E-state index contributed by atoms with van der Waals surface area (Å²) < 4.78 is 4.86. The highest BCUT2D eigenvalue weighted by molar-refractivity contribution is 5.88. The van der Waals surface area contributed by atoms with Crippen molar-refractivity contribution in [2.45, 2.75) is 26.4 Å². The minimum Gasteiger partial charge on any atom is -0.382 e. The van der Waals surface area contributed by atoms with Crippen LogP contribution >= 0.6 is 0 Å². The Labute approximate surface area is 101 Å². The summed E-state index contributed by atoms with van der Waals surface area (Å²) in [7, 11) is 1.56. The topological polar surface area (TPSA) is 44.8 Å². The van der Waals surface area contributed by atoms with Crippen LogP contribution in [0.3, 0.4) is 0 Å². The standard InChI is InChI=1S/C13H18O4/c1-4-11-5-7-12(8-6-11)13(14)17-16-10(2)9-15-3/h5-8,10H,4,9H2,1-3H3. The molecular formula is C13H18O4. The predicted molar refractivity (Wildman–Crippen MR) is 63.7 cm³/mol. The average molecular weight is 238 g/mol. The van der Waals surface area contributed by atoms with E-state index in [-0.39, 0.29) is 6.10 Å². The zero-order valence-electron chi connectivity index (χ0n) is 10.4. The van der Waals surface area contributed by atoms with Crippen molar-refractivity contribution in [2.24, 2.45) is 0 Å². The second-order valence-electron chi connectivity index (χ2n) is 3.78. The quantitative estimate of drug-likeness (QED) is 0.564. The first kappa shape index (κ1) is 13.7. The summed E-state index contributed by atoms with van der Waals surface area (Å²) >= 11 is 0. The highest BCUT2D eigenvalue weighted by Gasteiger charge is 2.10. The summed E-state index contributed by atoms with van der Waals surface area (Å²) in [6.07, 6.45) is 0.662. The van der Waals surface area contributed by atoms with Gasteiger partial charge in [0.15, 0.2) is 0 Å². The lowest BCUT2D eigenvalue weighted by Gasteiger charge is -2.09. The van der Waals surface area contributed by atoms with Crippen LogP contribution in [0.5, 0.6) is 0 Å². The summed E-state index contributed by atoms with van der Waals surface area (Å²) in [5.41, 5.74) is 1.65. The fourth-order valence-corrected chi connectivity index (χ4v) is 1.31. The number of benzene rings is 1. The van der Waals surface area contributed by atoms with E-state index in [1.165, 1.54) is 5.56 Å². The number of ether oxygens (including phenoxy) is 1. The molecule has 1 aromatic carbocycles. The molecule has 1 atom stereocenters. The van der Waals surface area contributed by atoms with Crippen molar-refractivity contribution in [3.8, 4) is 0 Å². The molecular weight excluding hydrogens is 220 g/mol. The van der Waals surface area contributed by atoms with Gasteiger partial charge in [-0.05, 0) is 31.0 Å². The van der Waals surface area contributed by atoms with E-state index in [2.05, 4.69) is 6.92 Å². The van der Waals surface area contributed by atoms with Crippen LogP contribution in [0.2, 0.25) is 0 Å². The summed E-state index contributed by atoms with van der Waals surface area (Å²) in [4.78, 5) is 21.1. The molecule has 1 aromatic rings. The Hall–Kier alpha value is -1.39. The van der Waals surface area contributed by atoms with E-state index in [1.807, 2.05) is 12.1 Å². The fourth-order valence-electron chi connectivity index (χ4n) is 1.31. The zero-order valence-corrected chi connectivity index (χ0v) is 10.4. The van der Waals surface area contributed by atoms with Crippen molar-refractivity contribution >= 4 is 5.97 Å². The van der Waals surface area contributed by atoms with Gasteiger partial charge in [-0.15, -0.1) is 0 Å². The maximum atomic E-state index is 11.6. The Morgan fingerprint density at radius 3 is 2.47 bits per heavy atom. The van der Waals surface area contributed by atoms with Gasteiger partial charge in [0.25, 0.3) is 0 Å². The molecule has 4 heteroatoms. The molecule has 94 valence electrons. The average Bonchev–Trinajstić information content (AvgIpc) is 2.36. The van der Waals surface area contributed by atoms with E-state index in [1.54, 1.807) is 26.2 Å². The molecule has 0 amide bonds.